The lowest BCUT2D eigenvalue weighted by Crippen LogP contribution is -2.01. The van der Waals surface area contributed by atoms with Crippen molar-refractivity contribution in [2.24, 2.45) is 0 Å². The molecule has 0 radical (unpaired) electrons. The number of fused-ring (bicyclic) bond motifs is 1. The summed E-state index contributed by atoms with van der Waals surface area (Å²) in [7, 11) is 0. The van der Waals surface area contributed by atoms with E-state index in [1.807, 2.05) is 0 Å². The third-order valence-electron chi connectivity index (χ3n) is 1.48. The summed E-state index contributed by atoms with van der Waals surface area (Å²) in [5, 5.41) is 12.5. The zero-order chi connectivity index (χ0) is 8.55. The Labute approximate surface area is 67.3 Å². The molecular formula is C7H5N3O2. The normalized spacial score (nSPS) is 10.3. The lowest BCUT2D eigenvalue weighted by atomic mass is 10.4. The first-order valence-corrected chi connectivity index (χ1v) is 3.31. The minimum absolute atomic E-state index is 0.0306. The van der Waals surface area contributed by atoms with E-state index < -0.39 is 5.97 Å². The lowest BCUT2D eigenvalue weighted by molar-refractivity contribution is 0.0690. The lowest BCUT2D eigenvalue weighted by Gasteiger charge is -1.93. The van der Waals surface area contributed by atoms with Crippen LogP contribution in [0.15, 0.2) is 24.5 Å². The highest BCUT2D eigenvalue weighted by Crippen LogP contribution is 2.00. The molecule has 0 atom stereocenters. The number of nitrogens with zero attached hydrogens (tertiary/aromatic N) is 3. The van der Waals surface area contributed by atoms with E-state index in [9.17, 15) is 4.79 Å². The van der Waals surface area contributed by atoms with E-state index in [4.69, 9.17) is 5.11 Å². The molecule has 0 aromatic carbocycles. The van der Waals surface area contributed by atoms with E-state index in [0.29, 0.717) is 5.65 Å². The molecule has 0 spiro atoms. The molecule has 0 saturated carbocycles. The number of aromatic carboxylic acids is 1. The monoisotopic (exact) mass is 163 g/mol. The molecule has 0 fully saturated rings. The summed E-state index contributed by atoms with van der Waals surface area (Å²) in [6, 6.07) is 3.05. The van der Waals surface area contributed by atoms with Gasteiger partial charge in [0.05, 0.1) is 6.20 Å². The van der Waals surface area contributed by atoms with Crippen molar-refractivity contribution >= 4 is 11.6 Å². The van der Waals surface area contributed by atoms with E-state index in [0.717, 1.165) is 0 Å². The van der Waals surface area contributed by atoms with Crippen LogP contribution in [0.5, 0.6) is 0 Å². The van der Waals surface area contributed by atoms with Gasteiger partial charge >= 0.3 is 5.97 Å². The first-order chi connectivity index (χ1) is 5.77. The van der Waals surface area contributed by atoms with E-state index >= 15 is 0 Å². The van der Waals surface area contributed by atoms with Gasteiger partial charge in [0.25, 0.3) is 0 Å². The Morgan fingerprint density at radius 2 is 2.33 bits per heavy atom. The van der Waals surface area contributed by atoms with Crippen LogP contribution >= 0.6 is 0 Å². The molecule has 0 amide bonds. The summed E-state index contributed by atoms with van der Waals surface area (Å²) < 4.78 is 1.51. The van der Waals surface area contributed by atoms with Gasteiger partial charge < -0.3 is 5.11 Å². The second-order valence-electron chi connectivity index (χ2n) is 2.25. The zero-order valence-corrected chi connectivity index (χ0v) is 6.01. The quantitative estimate of drug-likeness (QED) is 0.661. The Morgan fingerprint density at radius 1 is 1.50 bits per heavy atom. The summed E-state index contributed by atoms with van der Waals surface area (Å²) in [6.07, 6.45) is 3.12. The van der Waals surface area contributed by atoms with Crippen molar-refractivity contribution in [3.8, 4) is 0 Å². The molecule has 2 aromatic rings. The maximum Gasteiger partial charge on any atom is 0.354 e. The smallest absolute Gasteiger partial charge is 0.354 e. The second-order valence-corrected chi connectivity index (χ2v) is 2.25. The number of aromatic nitrogens is 3. The molecule has 1 N–H and O–H groups in total. The van der Waals surface area contributed by atoms with Crippen LogP contribution < -0.4 is 0 Å². The van der Waals surface area contributed by atoms with Crippen molar-refractivity contribution in [3.63, 3.8) is 0 Å². The molecule has 12 heavy (non-hydrogen) atoms. The zero-order valence-electron chi connectivity index (χ0n) is 6.01. The fraction of sp³-hybridized carbons (Fsp3) is 0. The van der Waals surface area contributed by atoms with Crippen LogP contribution in [-0.4, -0.2) is 25.7 Å². The average molecular weight is 163 g/mol. The van der Waals surface area contributed by atoms with Gasteiger partial charge in [0, 0.05) is 12.3 Å². The minimum atomic E-state index is -1.03. The van der Waals surface area contributed by atoms with E-state index in [1.54, 1.807) is 18.5 Å². The Hall–Kier alpha value is -1.91. The number of hydrogen-bond donors (Lipinski definition) is 1. The van der Waals surface area contributed by atoms with Crippen molar-refractivity contribution < 1.29 is 9.90 Å². The van der Waals surface area contributed by atoms with Crippen molar-refractivity contribution in [2.75, 3.05) is 0 Å². The van der Waals surface area contributed by atoms with Gasteiger partial charge in [-0.3, -0.25) is 0 Å². The Balaban J connectivity index is 2.68. The first-order valence-electron chi connectivity index (χ1n) is 3.31. The molecule has 5 heteroatoms. The molecule has 0 bridgehead atoms. The Kier molecular flexibility index (Phi) is 1.30. The number of carboxylic acids is 1. The molecule has 0 aliphatic heterocycles. The molecule has 60 valence electrons. The molecule has 2 aromatic heterocycles. The fourth-order valence-corrected chi connectivity index (χ4v) is 0.932. The van der Waals surface area contributed by atoms with Gasteiger partial charge in [-0.2, -0.15) is 5.10 Å². The highest BCUT2D eigenvalue weighted by atomic mass is 16.4. The van der Waals surface area contributed by atoms with Crippen LogP contribution in [-0.2, 0) is 0 Å². The fourth-order valence-electron chi connectivity index (χ4n) is 0.932. The highest BCUT2D eigenvalue weighted by molar-refractivity contribution is 5.85. The molecule has 5 nitrogen and oxygen atoms in total. The SMILES string of the molecule is O=C(O)c1ccn2nccc2n1. The van der Waals surface area contributed by atoms with Crippen LogP contribution in [0.2, 0.25) is 0 Å². The molecule has 0 unspecified atom stereocenters. The maximum atomic E-state index is 10.5. The van der Waals surface area contributed by atoms with E-state index in [2.05, 4.69) is 10.1 Å². The van der Waals surface area contributed by atoms with Gasteiger partial charge in [-0.15, -0.1) is 0 Å². The molecule has 2 heterocycles. The van der Waals surface area contributed by atoms with Crippen LogP contribution in [0, 0.1) is 0 Å². The predicted octanol–water partition coefficient (Wildman–Crippen LogP) is 0.427. The summed E-state index contributed by atoms with van der Waals surface area (Å²) in [5.41, 5.74) is 0.568. The number of hydrogen-bond acceptors (Lipinski definition) is 3. The molecular weight excluding hydrogens is 158 g/mol. The molecule has 0 aliphatic rings. The number of rotatable bonds is 1. The number of carbonyl (C=O) groups is 1. The van der Waals surface area contributed by atoms with Crippen LogP contribution in [0.4, 0.5) is 0 Å². The number of carboxylic acid groups (broad SMARTS) is 1. The van der Waals surface area contributed by atoms with Crippen molar-refractivity contribution in [3.05, 3.63) is 30.2 Å². The summed E-state index contributed by atoms with van der Waals surface area (Å²) in [4.78, 5) is 14.3. The second kappa shape index (κ2) is 2.30. The third kappa shape index (κ3) is 0.914. The summed E-state index contributed by atoms with van der Waals surface area (Å²) in [5.74, 6) is -1.03. The maximum absolute atomic E-state index is 10.5. The Bertz CT molecular complexity index is 435. The molecule has 0 aliphatic carbocycles. The van der Waals surface area contributed by atoms with Crippen LogP contribution in [0.25, 0.3) is 5.65 Å². The van der Waals surface area contributed by atoms with Gasteiger partial charge in [0.15, 0.2) is 11.3 Å². The third-order valence-corrected chi connectivity index (χ3v) is 1.48. The van der Waals surface area contributed by atoms with Gasteiger partial charge in [0.2, 0.25) is 0 Å². The van der Waals surface area contributed by atoms with Gasteiger partial charge in [-0.25, -0.2) is 14.3 Å². The van der Waals surface area contributed by atoms with Gasteiger partial charge in [-0.1, -0.05) is 0 Å². The van der Waals surface area contributed by atoms with E-state index in [1.165, 1.54) is 10.6 Å². The average Bonchev–Trinajstić information content (AvgIpc) is 2.49. The van der Waals surface area contributed by atoms with Gasteiger partial charge in [-0.05, 0) is 6.07 Å². The highest BCUT2D eigenvalue weighted by Gasteiger charge is 2.04. The molecule has 0 saturated heterocycles. The van der Waals surface area contributed by atoms with Crippen molar-refractivity contribution in [1.82, 2.24) is 14.6 Å². The summed E-state index contributed by atoms with van der Waals surface area (Å²) >= 11 is 0. The first kappa shape index (κ1) is 6.78. The van der Waals surface area contributed by atoms with Crippen molar-refractivity contribution in [1.29, 1.82) is 0 Å². The molecule has 2 rings (SSSR count). The minimum Gasteiger partial charge on any atom is -0.477 e. The van der Waals surface area contributed by atoms with Crippen molar-refractivity contribution in [2.45, 2.75) is 0 Å². The largest absolute Gasteiger partial charge is 0.477 e. The van der Waals surface area contributed by atoms with Crippen LogP contribution in [0.3, 0.4) is 0 Å². The Morgan fingerprint density at radius 3 is 3.08 bits per heavy atom. The van der Waals surface area contributed by atoms with Gasteiger partial charge in [0.1, 0.15) is 0 Å². The standard InChI is InChI=1S/C7H5N3O2/c11-7(12)5-2-4-10-6(9-5)1-3-8-10/h1-4H,(H,11,12). The van der Waals surface area contributed by atoms with Crippen LogP contribution in [0.1, 0.15) is 10.5 Å². The van der Waals surface area contributed by atoms with E-state index in [-0.39, 0.29) is 5.69 Å². The topological polar surface area (TPSA) is 67.5 Å². The predicted molar refractivity (Wildman–Crippen MR) is 39.9 cm³/mol. The summed E-state index contributed by atoms with van der Waals surface area (Å²) in [6.45, 7) is 0.